The molecule has 1 heterocycles. The van der Waals surface area contributed by atoms with Crippen molar-refractivity contribution in [2.75, 3.05) is 0 Å². The van der Waals surface area contributed by atoms with Crippen molar-refractivity contribution in [3.05, 3.63) is 22.4 Å². The molecule has 0 radical (unpaired) electrons. The third-order valence-corrected chi connectivity index (χ3v) is 2.24. The number of aromatic nitrogens is 1. The van der Waals surface area contributed by atoms with Crippen molar-refractivity contribution in [2.24, 2.45) is 0 Å². The van der Waals surface area contributed by atoms with Gasteiger partial charge in [-0.25, -0.2) is 0 Å². The van der Waals surface area contributed by atoms with Crippen molar-refractivity contribution in [1.82, 2.24) is 4.57 Å². The average molecular weight is 260 g/mol. The Hall–Kier alpha value is -1.10. The molecule has 0 amide bonds. The summed E-state index contributed by atoms with van der Waals surface area (Å²) in [4.78, 5) is 20.8. The molecule has 0 bridgehead atoms. The van der Waals surface area contributed by atoms with E-state index in [1.54, 1.807) is 16.8 Å². The summed E-state index contributed by atoms with van der Waals surface area (Å²) < 4.78 is 2.56. The van der Waals surface area contributed by atoms with Crippen LogP contribution in [0.4, 0.5) is 0 Å². The number of carboxylic acid groups (broad SMARTS) is 1. The lowest BCUT2D eigenvalue weighted by Crippen LogP contribution is -2.03. The summed E-state index contributed by atoms with van der Waals surface area (Å²) in [6.07, 6.45) is 3.17. The van der Waals surface area contributed by atoms with Crippen LogP contribution in [0.1, 0.15) is 23.3 Å². The molecule has 76 valence electrons. The highest BCUT2D eigenvalue weighted by Crippen LogP contribution is 2.14. The monoisotopic (exact) mass is 259 g/mol. The fraction of sp³-hybridized carbons (Fsp3) is 0.333. The molecule has 0 saturated heterocycles. The van der Waals surface area contributed by atoms with Crippen LogP contribution in [0.5, 0.6) is 0 Å². The van der Waals surface area contributed by atoms with E-state index in [1.165, 1.54) is 0 Å². The Morgan fingerprint density at radius 1 is 1.64 bits per heavy atom. The SMILES string of the molecule is O=Cc1cc(Br)cn1CCCC(=O)O. The number of hydrogen-bond donors (Lipinski definition) is 1. The summed E-state index contributed by atoms with van der Waals surface area (Å²) in [7, 11) is 0. The summed E-state index contributed by atoms with van der Waals surface area (Å²) in [6, 6.07) is 1.70. The van der Waals surface area contributed by atoms with Crippen LogP contribution in [0, 0.1) is 0 Å². The summed E-state index contributed by atoms with van der Waals surface area (Å²) in [5.41, 5.74) is 0.558. The maximum absolute atomic E-state index is 10.6. The topological polar surface area (TPSA) is 59.3 Å². The molecule has 0 aliphatic carbocycles. The van der Waals surface area contributed by atoms with Gasteiger partial charge in [0.05, 0.1) is 5.69 Å². The molecule has 0 aliphatic heterocycles. The van der Waals surface area contributed by atoms with Crippen molar-refractivity contribution in [1.29, 1.82) is 0 Å². The third-order valence-electron chi connectivity index (χ3n) is 1.81. The molecule has 0 aromatic carbocycles. The van der Waals surface area contributed by atoms with E-state index in [1.807, 2.05) is 0 Å². The predicted octanol–water partition coefficient (Wildman–Crippen LogP) is 1.93. The molecular formula is C9H10BrNO3. The zero-order chi connectivity index (χ0) is 10.6. The molecule has 0 aliphatic rings. The molecule has 0 fully saturated rings. The number of aldehydes is 1. The van der Waals surface area contributed by atoms with Crippen LogP contribution in [0.25, 0.3) is 0 Å². The van der Waals surface area contributed by atoms with Gasteiger partial charge in [0.1, 0.15) is 0 Å². The van der Waals surface area contributed by atoms with E-state index in [0.29, 0.717) is 18.7 Å². The first kappa shape index (κ1) is 11.0. The van der Waals surface area contributed by atoms with Gasteiger partial charge < -0.3 is 9.67 Å². The third kappa shape index (κ3) is 2.99. The van der Waals surface area contributed by atoms with E-state index in [4.69, 9.17) is 5.11 Å². The zero-order valence-corrected chi connectivity index (χ0v) is 9.03. The van der Waals surface area contributed by atoms with E-state index in [0.717, 1.165) is 10.8 Å². The van der Waals surface area contributed by atoms with Crippen molar-refractivity contribution in [3.8, 4) is 0 Å². The fourth-order valence-corrected chi connectivity index (χ4v) is 1.66. The standard InChI is InChI=1S/C9H10BrNO3/c10-7-4-8(6-12)11(5-7)3-1-2-9(13)14/h4-6H,1-3H2,(H,13,14). The quantitative estimate of drug-likeness (QED) is 0.823. The van der Waals surface area contributed by atoms with Crippen molar-refractivity contribution in [3.63, 3.8) is 0 Å². The largest absolute Gasteiger partial charge is 0.481 e. The van der Waals surface area contributed by atoms with E-state index < -0.39 is 5.97 Å². The number of carboxylic acids is 1. The van der Waals surface area contributed by atoms with E-state index in [-0.39, 0.29) is 6.42 Å². The Balaban J connectivity index is 2.57. The molecule has 1 rings (SSSR count). The van der Waals surface area contributed by atoms with E-state index in [2.05, 4.69) is 15.9 Å². The van der Waals surface area contributed by atoms with E-state index in [9.17, 15) is 9.59 Å². The van der Waals surface area contributed by atoms with Gasteiger partial charge in [-0.2, -0.15) is 0 Å². The number of carbonyl (C=O) groups is 2. The van der Waals surface area contributed by atoms with Crippen LogP contribution in [0.2, 0.25) is 0 Å². The van der Waals surface area contributed by atoms with Gasteiger partial charge in [-0.3, -0.25) is 9.59 Å². The Morgan fingerprint density at radius 3 is 2.93 bits per heavy atom. The minimum Gasteiger partial charge on any atom is -0.481 e. The molecule has 1 aromatic rings. The summed E-state index contributed by atoms with van der Waals surface area (Å²) >= 11 is 3.25. The summed E-state index contributed by atoms with van der Waals surface area (Å²) in [6.45, 7) is 0.548. The van der Waals surface area contributed by atoms with Crippen LogP contribution >= 0.6 is 15.9 Å². The molecular weight excluding hydrogens is 250 g/mol. The van der Waals surface area contributed by atoms with Crippen LogP contribution in [-0.4, -0.2) is 21.9 Å². The Kier molecular flexibility index (Phi) is 3.88. The Bertz CT molecular complexity index is 346. The number of carbonyl (C=O) groups excluding carboxylic acids is 1. The van der Waals surface area contributed by atoms with Crippen LogP contribution < -0.4 is 0 Å². The molecule has 1 aromatic heterocycles. The normalized spacial score (nSPS) is 10.1. The van der Waals surface area contributed by atoms with E-state index >= 15 is 0 Å². The fourth-order valence-electron chi connectivity index (χ4n) is 1.18. The minimum atomic E-state index is -0.816. The highest BCUT2D eigenvalue weighted by molar-refractivity contribution is 9.10. The Morgan fingerprint density at radius 2 is 2.36 bits per heavy atom. The van der Waals surface area contributed by atoms with Crippen LogP contribution in [-0.2, 0) is 11.3 Å². The molecule has 0 unspecified atom stereocenters. The number of rotatable bonds is 5. The van der Waals surface area contributed by atoms with Gasteiger partial charge in [-0.1, -0.05) is 0 Å². The molecule has 0 atom stereocenters. The maximum atomic E-state index is 10.6. The van der Waals surface area contributed by atoms with Crippen molar-refractivity contribution >= 4 is 28.2 Å². The van der Waals surface area contributed by atoms with Gasteiger partial charge in [0.15, 0.2) is 6.29 Å². The number of nitrogens with zero attached hydrogens (tertiary/aromatic N) is 1. The predicted molar refractivity (Wildman–Crippen MR) is 54.4 cm³/mol. The molecule has 0 spiro atoms. The molecule has 4 nitrogen and oxygen atoms in total. The maximum Gasteiger partial charge on any atom is 0.303 e. The van der Waals surface area contributed by atoms with Gasteiger partial charge in [-0.05, 0) is 28.4 Å². The van der Waals surface area contributed by atoms with Crippen LogP contribution in [0.3, 0.4) is 0 Å². The lowest BCUT2D eigenvalue weighted by atomic mass is 10.3. The Labute approximate surface area is 89.7 Å². The first-order valence-corrected chi connectivity index (χ1v) is 4.95. The average Bonchev–Trinajstić information content (AvgIpc) is 2.45. The minimum absolute atomic E-state index is 0.119. The van der Waals surface area contributed by atoms with Gasteiger partial charge in [-0.15, -0.1) is 0 Å². The number of aliphatic carboxylic acids is 1. The summed E-state index contributed by atoms with van der Waals surface area (Å²) in [5, 5.41) is 8.44. The van der Waals surface area contributed by atoms with Crippen molar-refractivity contribution in [2.45, 2.75) is 19.4 Å². The molecule has 14 heavy (non-hydrogen) atoms. The zero-order valence-electron chi connectivity index (χ0n) is 7.44. The van der Waals surface area contributed by atoms with Gasteiger partial charge in [0.2, 0.25) is 0 Å². The van der Waals surface area contributed by atoms with Gasteiger partial charge >= 0.3 is 5.97 Å². The second-order valence-corrected chi connectivity index (χ2v) is 3.81. The first-order valence-electron chi connectivity index (χ1n) is 4.16. The molecule has 5 heteroatoms. The van der Waals surface area contributed by atoms with Crippen molar-refractivity contribution < 1.29 is 14.7 Å². The number of aryl methyl sites for hydroxylation is 1. The smallest absolute Gasteiger partial charge is 0.303 e. The highest BCUT2D eigenvalue weighted by Gasteiger charge is 2.03. The first-order chi connectivity index (χ1) is 6.63. The van der Waals surface area contributed by atoms with Gasteiger partial charge in [0, 0.05) is 23.6 Å². The second-order valence-electron chi connectivity index (χ2n) is 2.89. The molecule has 1 N–H and O–H groups in total. The lowest BCUT2D eigenvalue weighted by Gasteiger charge is -2.02. The number of halogens is 1. The van der Waals surface area contributed by atoms with Crippen LogP contribution in [0.15, 0.2) is 16.7 Å². The summed E-state index contributed by atoms with van der Waals surface area (Å²) in [5.74, 6) is -0.816. The second kappa shape index (κ2) is 4.95. The number of hydrogen-bond acceptors (Lipinski definition) is 2. The lowest BCUT2D eigenvalue weighted by molar-refractivity contribution is -0.137. The molecule has 0 saturated carbocycles. The highest BCUT2D eigenvalue weighted by atomic mass is 79.9. The van der Waals surface area contributed by atoms with Gasteiger partial charge in [0.25, 0.3) is 0 Å².